The standard InChI is InChI=1S/C17H14FNO5S/c1-23-13-6-4-12(5-7-13)19-10-16(17(20)24-2)25(21,22)15-9-11(18)3-8-14(15)19/h3-10H,1-2H3. The van der Waals surface area contributed by atoms with E-state index in [4.69, 9.17) is 4.74 Å². The lowest BCUT2D eigenvalue weighted by atomic mass is 10.2. The molecule has 0 radical (unpaired) electrons. The largest absolute Gasteiger partial charge is 0.497 e. The Hall–Kier alpha value is -2.87. The van der Waals surface area contributed by atoms with Crippen LogP contribution in [0.25, 0.3) is 0 Å². The van der Waals surface area contributed by atoms with Gasteiger partial charge in [-0.1, -0.05) is 0 Å². The van der Waals surface area contributed by atoms with Gasteiger partial charge in [-0.05, 0) is 42.5 Å². The highest BCUT2D eigenvalue weighted by atomic mass is 32.2. The molecule has 0 bridgehead atoms. The van der Waals surface area contributed by atoms with Crippen LogP contribution in [0.4, 0.5) is 15.8 Å². The number of carbonyl (C=O) groups excluding carboxylic acids is 1. The molecule has 0 N–H and O–H groups in total. The van der Waals surface area contributed by atoms with Crippen LogP contribution in [0, 0.1) is 5.82 Å². The first-order valence-electron chi connectivity index (χ1n) is 7.16. The van der Waals surface area contributed by atoms with Gasteiger partial charge in [0.05, 0.1) is 24.8 Å². The molecule has 0 fully saturated rings. The second-order valence-electron chi connectivity index (χ2n) is 5.17. The number of benzene rings is 2. The molecular formula is C17H14FNO5S. The fourth-order valence-corrected chi connectivity index (χ4v) is 3.99. The van der Waals surface area contributed by atoms with Crippen molar-refractivity contribution in [2.45, 2.75) is 4.90 Å². The van der Waals surface area contributed by atoms with E-state index in [-0.39, 0.29) is 10.6 Å². The van der Waals surface area contributed by atoms with Crippen molar-refractivity contribution in [3.63, 3.8) is 0 Å². The van der Waals surface area contributed by atoms with Crippen LogP contribution in [-0.2, 0) is 19.4 Å². The summed E-state index contributed by atoms with van der Waals surface area (Å²) < 4.78 is 48.6. The molecule has 3 rings (SSSR count). The number of halogens is 1. The van der Waals surface area contributed by atoms with E-state index >= 15 is 0 Å². The maximum absolute atomic E-state index is 13.6. The van der Waals surface area contributed by atoms with Gasteiger partial charge in [-0.2, -0.15) is 0 Å². The summed E-state index contributed by atoms with van der Waals surface area (Å²) >= 11 is 0. The summed E-state index contributed by atoms with van der Waals surface area (Å²) in [6, 6.07) is 10.1. The SMILES string of the molecule is COC(=O)C1=CN(c2ccc(OC)cc2)c2ccc(F)cc2S1(=O)=O. The Morgan fingerprint density at radius 3 is 2.36 bits per heavy atom. The second-order valence-corrected chi connectivity index (χ2v) is 7.05. The number of rotatable bonds is 3. The van der Waals surface area contributed by atoms with Gasteiger partial charge in [0.15, 0.2) is 4.91 Å². The van der Waals surface area contributed by atoms with E-state index in [0.29, 0.717) is 11.4 Å². The minimum atomic E-state index is -4.19. The molecule has 130 valence electrons. The Balaban J connectivity index is 2.24. The van der Waals surface area contributed by atoms with E-state index in [0.717, 1.165) is 19.2 Å². The summed E-state index contributed by atoms with van der Waals surface area (Å²) in [6.07, 6.45) is 1.17. The number of nitrogens with zero attached hydrogens (tertiary/aromatic N) is 1. The molecule has 1 aliphatic heterocycles. The topological polar surface area (TPSA) is 72.9 Å². The van der Waals surface area contributed by atoms with E-state index in [1.54, 1.807) is 24.3 Å². The van der Waals surface area contributed by atoms with Crippen molar-refractivity contribution in [3.8, 4) is 5.75 Å². The van der Waals surface area contributed by atoms with Crippen molar-refractivity contribution < 1.29 is 27.1 Å². The molecule has 0 aromatic heterocycles. The van der Waals surface area contributed by atoms with E-state index in [2.05, 4.69) is 4.74 Å². The van der Waals surface area contributed by atoms with Crippen LogP contribution >= 0.6 is 0 Å². The summed E-state index contributed by atoms with van der Waals surface area (Å²) in [4.78, 5) is 12.6. The third kappa shape index (κ3) is 2.85. The lowest BCUT2D eigenvalue weighted by molar-refractivity contribution is -0.135. The zero-order valence-electron chi connectivity index (χ0n) is 13.4. The molecule has 0 saturated carbocycles. The zero-order valence-corrected chi connectivity index (χ0v) is 14.2. The summed E-state index contributed by atoms with van der Waals surface area (Å²) in [7, 11) is -1.59. The van der Waals surface area contributed by atoms with Gasteiger partial charge in [0.2, 0.25) is 9.84 Å². The molecule has 0 saturated heterocycles. The van der Waals surface area contributed by atoms with Crippen LogP contribution in [0.5, 0.6) is 5.75 Å². The quantitative estimate of drug-likeness (QED) is 0.781. The molecule has 1 aliphatic rings. The van der Waals surface area contributed by atoms with Gasteiger partial charge < -0.3 is 14.4 Å². The van der Waals surface area contributed by atoms with Crippen LogP contribution in [0.15, 0.2) is 58.5 Å². The molecule has 1 heterocycles. The molecule has 8 heteroatoms. The molecule has 2 aromatic carbocycles. The third-order valence-electron chi connectivity index (χ3n) is 3.74. The minimum Gasteiger partial charge on any atom is -0.497 e. The molecule has 0 unspecified atom stereocenters. The van der Waals surface area contributed by atoms with E-state index in [1.165, 1.54) is 24.3 Å². The van der Waals surface area contributed by atoms with Crippen molar-refractivity contribution in [3.05, 3.63) is 59.4 Å². The Kier molecular flexibility index (Phi) is 4.22. The summed E-state index contributed by atoms with van der Waals surface area (Å²) in [5, 5.41) is 0. The lowest BCUT2D eigenvalue weighted by Crippen LogP contribution is -2.26. The normalized spacial score (nSPS) is 15.2. The van der Waals surface area contributed by atoms with Crippen LogP contribution < -0.4 is 9.64 Å². The number of carbonyl (C=O) groups is 1. The van der Waals surface area contributed by atoms with Gasteiger partial charge in [0.25, 0.3) is 0 Å². The van der Waals surface area contributed by atoms with Gasteiger partial charge in [0.1, 0.15) is 11.6 Å². The zero-order chi connectivity index (χ0) is 18.2. The van der Waals surface area contributed by atoms with Crippen LogP contribution in [0.2, 0.25) is 0 Å². The first-order valence-corrected chi connectivity index (χ1v) is 8.65. The summed E-state index contributed by atoms with van der Waals surface area (Å²) in [5.41, 5.74) is 0.809. The predicted molar refractivity (Wildman–Crippen MR) is 88.8 cm³/mol. The number of esters is 1. The van der Waals surface area contributed by atoms with Crippen molar-refractivity contribution in [2.75, 3.05) is 19.1 Å². The number of ether oxygens (including phenoxy) is 2. The van der Waals surface area contributed by atoms with Gasteiger partial charge in [0, 0.05) is 11.9 Å². The predicted octanol–water partition coefficient (Wildman–Crippen LogP) is 2.77. The maximum Gasteiger partial charge on any atom is 0.351 e. The number of sulfone groups is 1. The van der Waals surface area contributed by atoms with Crippen LogP contribution in [0.1, 0.15) is 0 Å². The Morgan fingerprint density at radius 2 is 1.76 bits per heavy atom. The Labute approximate surface area is 144 Å². The van der Waals surface area contributed by atoms with Gasteiger partial charge in [-0.25, -0.2) is 17.6 Å². The fraction of sp³-hybridized carbons (Fsp3) is 0.118. The first-order chi connectivity index (χ1) is 11.9. The van der Waals surface area contributed by atoms with E-state index in [9.17, 15) is 17.6 Å². The van der Waals surface area contributed by atoms with Gasteiger partial charge >= 0.3 is 5.97 Å². The monoisotopic (exact) mass is 363 g/mol. The molecule has 0 amide bonds. The Morgan fingerprint density at radius 1 is 1.08 bits per heavy atom. The molecule has 0 aliphatic carbocycles. The number of methoxy groups -OCH3 is 2. The van der Waals surface area contributed by atoms with Crippen LogP contribution in [0.3, 0.4) is 0 Å². The van der Waals surface area contributed by atoms with Crippen molar-refractivity contribution >= 4 is 27.2 Å². The smallest absolute Gasteiger partial charge is 0.351 e. The third-order valence-corrected chi connectivity index (χ3v) is 5.50. The molecular weight excluding hydrogens is 349 g/mol. The highest BCUT2D eigenvalue weighted by Crippen LogP contribution is 2.40. The Bertz CT molecular complexity index is 967. The molecule has 2 aromatic rings. The van der Waals surface area contributed by atoms with E-state index < -0.39 is 26.5 Å². The lowest BCUT2D eigenvalue weighted by Gasteiger charge is -2.28. The fourth-order valence-electron chi connectivity index (χ4n) is 2.50. The van der Waals surface area contributed by atoms with Gasteiger partial charge in [-0.15, -0.1) is 0 Å². The molecule has 0 atom stereocenters. The number of hydrogen-bond acceptors (Lipinski definition) is 6. The van der Waals surface area contributed by atoms with Crippen molar-refractivity contribution in [1.29, 1.82) is 0 Å². The number of anilines is 2. The van der Waals surface area contributed by atoms with Crippen LogP contribution in [-0.4, -0.2) is 28.6 Å². The number of fused-ring (bicyclic) bond motifs is 1. The molecule has 6 nitrogen and oxygen atoms in total. The average Bonchev–Trinajstić information content (AvgIpc) is 2.62. The van der Waals surface area contributed by atoms with Crippen molar-refractivity contribution in [2.24, 2.45) is 0 Å². The summed E-state index contributed by atoms with van der Waals surface area (Å²) in [5.74, 6) is -1.12. The van der Waals surface area contributed by atoms with Crippen molar-refractivity contribution in [1.82, 2.24) is 0 Å². The molecule has 0 spiro atoms. The molecule has 25 heavy (non-hydrogen) atoms. The first kappa shape index (κ1) is 17.0. The highest BCUT2D eigenvalue weighted by Gasteiger charge is 2.36. The summed E-state index contributed by atoms with van der Waals surface area (Å²) in [6.45, 7) is 0. The average molecular weight is 363 g/mol. The van der Waals surface area contributed by atoms with E-state index in [1.807, 2.05) is 0 Å². The highest BCUT2D eigenvalue weighted by molar-refractivity contribution is 7.96. The van der Waals surface area contributed by atoms with Gasteiger partial charge in [-0.3, -0.25) is 0 Å². The minimum absolute atomic E-state index is 0.235. The number of hydrogen-bond donors (Lipinski definition) is 0. The second kappa shape index (κ2) is 6.21. The maximum atomic E-state index is 13.6.